The van der Waals surface area contributed by atoms with E-state index in [4.69, 9.17) is 9.52 Å². The predicted octanol–water partition coefficient (Wildman–Crippen LogP) is 0.526. The topological polar surface area (TPSA) is 77.4 Å². The van der Waals surface area contributed by atoms with Crippen LogP contribution in [0.3, 0.4) is 0 Å². The number of carbonyl (C=O) groups is 1. The van der Waals surface area contributed by atoms with Crippen LogP contribution < -0.4 is 5.69 Å². The van der Waals surface area contributed by atoms with Gasteiger partial charge in [-0.1, -0.05) is 0 Å². The lowest BCUT2D eigenvalue weighted by molar-refractivity contribution is 0.0660. The summed E-state index contributed by atoms with van der Waals surface area (Å²) in [5, 5.41) is 8.66. The Hall–Kier alpha value is -2.24. The van der Waals surface area contributed by atoms with E-state index in [0.29, 0.717) is 5.76 Å². The molecule has 2 rings (SSSR count). The van der Waals surface area contributed by atoms with E-state index in [1.165, 1.54) is 15.2 Å². The number of carboxylic acids is 1. The second-order valence-electron chi connectivity index (χ2n) is 3.39. The van der Waals surface area contributed by atoms with Crippen LogP contribution in [0.1, 0.15) is 16.3 Å². The lowest BCUT2D eigenvalue weighted by atomic mass is 10.4. The molecule has 16 heavy (non-hydrogen) atoms. The number of hydrogen-bond acceptors (Lipinski definition) is 3. The van der Waals surface area contributed by atoms with Gasteiger partial charge >= 0.3 is 11.7 Å². The molecular weight excluding hydrogens is 212 g/mol. The number of aromatic carboxylic acids is 1. The Morgan fingerprint density at radius 2 is 2.19 bits per heavy atom. The zero-order valence-electron chi connectivity index (χ0n) is 8.58. The van der Waals surface area contributed by atoms with Crippen molar-refractivity contribution in [3.8, 4) is 0 Å². The monoisotopic (exact) mass is 222 g/mol. The fourth-order valence-electron chi connectivity index (χ4n) is 1.38. The maximum absolute atomic E-state index is 11.5. The smallest absolute Gasteiger partial charge is 0.371 e. The standard InChI is InChI=1S/C10H10N2O4/c1-11-4-5-12(10(11)15)6-7-2-3-8(16-7)9(13)14/h2-5H,6H2,1H3,(H,13,14). The molecular formula is C10H10N2O4. The van der Waals surface area contributed by atoms with Crippen LogP contribution in [0.2, 0.25) is 0 Å². The molecule has 1 N–H and O–H groups in total. The molecule has 2 aromatic rings. The van der Waals surface area contributed by atoms with Gasteiger partial charge in [0.1, 0.15) is 5.76 Å². The van der Waals surface area contributed by atoms with Gasteiger partial charge in [0.2, 0.25) is 5.76 Å². The van der Waals surface area contributed by atoms with Crippen LogP contribution in [-0.4, -0.2) is 20.2 Å². The number of hydrogen-bond donors (Lipinski definition) is 1. The van der Waals surface area contributed by atoms with Crippen LogP contribution in [0.4, 0.5) is 0 Å². The number of carboxylic acid groups (broad SMARTS) is 1. The number of nitrogens with zero attached hydrogens (tertiary/aromatic N) is 2. The molecule has 0 amide bonds. The second kappa shape index (κ2) is 3.73. The fourth-order valence-corrected chi connectivity index (χ4v) is 1.38. The summed E-state index contributed by atoms with van der Waals surface area (Å²) in [6.07, 6.45) is 3.24. The van der Waals surface area contributed by atoms with Gasteiger partial charge in [-0.3, -0.25) is 4.57 Å². The predicted molar refractivity (Wildman–Crippen MR) is 54.4 cm³/mol. The number of furan rings is 1. The minimum Gasteiger partial charge on any atom is -0.475 e. The van der Waals surface area contributed by atoms with Gasteiger partial charge in [-0.15, -0.1) is 0 Å². The Kier molecular flexibility index (Phi) is 2.40. The van der Waals surface area contributed by atoms with Gasteiger partial charge in [-0.2, -0.15) is 0 Å². The molecule has 0 radical (unpaired) electrons. The van der Waals surface area contributed by atoms with Crippen LogP contribution in [0.15, 0.2) is 33.7 Å². The summed E-state index contributed by atoms with van der Waals surface area (Å²) in [6, 6.07) is 2.91. The van der Waals surface area contributed by atoms with Crippen molar-refractivity contribution in [3.05, 3.63) is 46.5 Å². The largest absolute Gasteiger partial charge is 0.475 e. The summed E-state index contributed by atoms with van der Waals surface area (Å²) in [5.41, 5.74) is -0.173. The van der Waals surface area contributed by atoms with E-state index >= 15 is 0 Å². The van der Waals surface area contributed by atoms with Crippen LogP contribution in [0, 0.1) is 0 Å². The number of aryl methyl sites for hydroxylation is 1. The Morgan fingerprint density at radius 3 is 2.69 bits per heavy atom. The molecule has 2 heterocycles. The van der Waals surface area contributed by atoms with Gasteiger partial charge < -0.3 is 14.1 Å². The van der Waals surface area contributed by atoms with Crippen LogP contribution in [0.25, 0.3) is 0 Å². The van der Waals surface area contributed by atoms with E-state index in [0.717, 1.165) is 0 Å². The van der Waals surface area contributed by atoms with E-state index < -0.39 is 5.97 Å². The summed E-state index contributed by atoms with van der Waals surface area (Å²) in [5.74, 6) is -0.809. The lowest BCUT2D eigenvalue weighted by Crippen LogP contribution is -2.22. The van der Waals surface area contributed by atoms with E-state index in [1.807, 2.05) is 0 Å². The number of imidazole rings is 1. The quantitative estimate of drug-likeness (QED) is 0.821. The maximum atomic E-state index is 11.5. The molecule has 0 aliphatic rings. The first-order valence-electron chi connectivity index (χ1n) is 4.61. The van der Waals surface area contributed by atoms with E-state index in [-0.39, 0.29) is 18.0 Å². The molecule has 0 unspecified atom stereocenters. The molecule has 0 saturated carbocycles. The summed E-state index contributed by atoms with van der Waals surface area (Å²) < 4.78 is 7.91. The van der Waals surface area contributed by atoms with Crippen molar-refractivity contribution in [2.45, 2.75) is 6.54 Å². The first-order valence-corrected chi connectivity index (χ1v) is 4.61. The third kappa shape index (κ3) is 1.77. The lowest BCUT2D eigenvalue weighted by Gasteiger charge is -1.96. The molecule has 0 aromatic carbocycles. The van der Waals surface area contributed by atoms with Crippen molar-refractivity contribution in [3.63, 3.8) is 0 Å². The Morgan fingerprint density at radius 1 is 1.44 bits per heavy atom. The van der Waals surface area contributed by atoms with Gasteiger partial charge in [-0.05, 0) is 12.1 Å². The maximum Gasteiger partial charge on any atom is 0.371 e. The van der Waals surface area contributed by atoms with Crippen LogP contribution in [-0.2, 0) is 13.6 Å². The molecule has 0 atom stereocenters. The second-order valence-corrected chi connectivity index (χ2v) is 3.39. The van der Waals surface area contributed by atoms with Gasteiger partial charge in [0, 0.05) is 19.4 Å². The highest BCUT2D eigenvalue weighted by molar-refractivity contribution is 5.84. The summed E-state index contributed by atoms with van der Waals surface area (Å²) in [4.78, 5) is 22.1. The molecule has 0 saturated heterocycles. The third-order valence-corrected chi connectivity index (χ3v) is 2.22. The number of aromatic nitrogens is 2. The van der Waals surface area contributed by atoms with Crippen LogP contribution >= 0.6 is 0 Å². The third-order valence-electron chi connectivity index (χ3n) is 2.22. The highest BCUT2D eigenvalue weighted by atomic mass is 16.4. The van der Waals surface area contributed by atoms with Crippen molar-refractivity contribution in [1.82, 2.24) is 9.13 Å². The van der Waals surface area contributed by atoms with E-state index in [1.54, 1.807) is 25.5 Å². The van der Waals surface area contributed by atoms with Crippen molar-refractivity contribution >= 4 is 5.97 Å². The fraction of sp³-hybridized carbons (Fsp3) is 0.200. The summed E-state index contributed by atoms with van der Waals surface area (Å²) in [6.45, 7) is 0.229. The molecule has 0 aliphatic heterocycles. The average Bonchev–Trinajstić information content (AvgIpc) is 2.81. The zero-order chi connectivity index (χ0) is 11.7. The molecule has 0 spiro atoms. The molecule has 0 fully saturated rings. The molecule has 6 nitrogen and oxygen atoms in total. The van der Waals surface area contributed by atoms with E-state index in [9.17, 15) is 9.59 Å². The molecule has 84 valence electrons. The highest BCUT2D eigenvalue weighted by Gasteiger charge is 2.10. The zero-order valence-corrected chi connectivity index (χ0v) is 8.58. The van der Waals surface area contributed by atoms with Crippen molar-refractivity contribution in [2.24, 2.45) is 7.05 Å². The minimum atomic E-state index is -1.12. The Balaban J connectivity index is 2.24. The SMILES string of the molecule is Cn1ccn(Cc2ccc(C(=O)O)o2)c1=O. The summed E-state index contributed by atoms with van der Waals surface area (Å²) >= 11 is 0. The Bertz CT molecular complexity index is 576. The normalized spacial score (nSPS) is 10.6. The Labute approximate surface area is 90.3 Å². The molecule has 0 bridgehead atoms. The van der Waals surface area contributed by atoms with Gasteiger partial charge in [0.15, 0.2) is 0 Å². The van der Waals surface area contributed by atoms with Crippen molar-refractivity contribution in [1.29, 1.82) is 0 Å². The highest BCUT2D eigenvalue weighted by Crippen LogP contribution is 2.08. The van der Waals surface area contributed by atoms with Crippen molar-refractivity contribution in [2.75, 3.05) is 0 Å². The minimum absolute atomic E-state index is 0.126. The average molecular weight is 222 g/mol. The summed E-state index contributed by atoms with van der Waals surface area (Å²) in [7, 11) is 1.64. The molecule has 6 heteroatoms. The number of rotatable bonds is 3. The molecule has 0 aliphatic carbocycles. The van der Waals surface area contributed by atoms with E-state index in [2.05, 4.69) is 0 Å². The van der Waals surface area contributed by atoms with Crippen molar-refractivity contribution < 1.29 is 14.3 Å². The first-order chi connectivity index (χ1) is 7.58. The van der Waals surface area contributed by atoms with Crippen LogP contribution in [0.5, 0.6) is 0 Å². The van der Waals surface area contributed by atoms with Gasteiger partial charge in [0.25, 0.3) is 0 Å². The first kappa shape index (κ1) is 10.3. The molecule has 2 aromatic heterocycles. The van der Waals surface area contributed by atoms with Gasteiger partial charge in [-0.25, -0.2) is 9.59 Å². The van der Waals surface area contributed by atoms with Gasteiger partial charge in [0.05, 0.1) is 6.54 Å².